The molecule has 2 rings (SSSR count). The Kier molecular flexibility index (Phi) is 5.62. The standard InChI is InChI=1S/C16H20NO6P/c1-10(11-4-2-5-12(18)9-11)8-15(20)16-13(17-24(21,22)23)6-3-7-14(16)19/h2-5,7,9-10,15,18-20H,6,8H2,1H3,(H2,21,22,23). The van der Waals surface area contributed by atoms with Gasteiger partial charge in [0.2, 0.25) is 0 Å². The SMILES string of the molecule is CC(CC(O)C1=C(O)C=CCC1=NP(=O)(O)O)c1cccc(O)c1. The first-order chi connectivity index (χ1) is 11.2. The quantitative estimate of drug-likeness (QED) is 0.517. The second-order valence-corrected chi connectivity index (χ2v) is 6.94. The Morgan fingerprint density at radius 3 is 2.62 bits per heavy atom. The first kappa shape index (κ1) is 18.4. The molecule has 7 nitrogen and oxygen atoms in total. The molecule has 0 fully saturated rings. The third-order valence-electron chi connectivity index (χ3n) is 3.77. The van der Waals surface area contributed by atoms with Crippen molar-refractivity contribution in [3.05, 3.63) is 53.3 Å². The van der Waals surface area contributed by atoms with Crippen molar-refractivity contribution < 1.29 is 29.7 Å². The van der Waals surface area contributed by atoms with Gasteiger partial charge in [-0.15, -0.1) is 0 Å². The number of phenolic OH excluding ortho intramolecular Hbond substituents is 1. The van der Waals surface area contributed by atoms with Crippen molar-refractivity contribution in [2.75, 3.05) is 0 Å². The molecule has 0 amide bonds. The molecule has 5 N–H and O–H groups in total. The van der Waals surface area contributed by atoms with Gasteiger partial charge in [0.1, 0.15) is 11.5 Å². The second-order valence-electron chi connectivity index (χ2n) is 5.71. The largest absolute Gasteiger partial charge is 0.508 e. The molecule has 0 aromatic heterocycles. The summed E-state index contributed by atoms with van der Waals surface area (Å²) in [6.45, 7) is 1.84. The molecule has 1 aromatic rings. The van der Waals surface area contributed by atoms with Crippen LogP contribution in [0.1, 0.15) is 31.2 Å². The molecule has 1 aliphatic carbocycles. The van der Waals surface area contributed by atoms with Gasteiger partial charge in [-0.2, -0.15) is 4.76 Å². The highest BCUT2D eigenvalue weighted by atomic mass is 31.2. The van der Waals surface area contributed by atoms with Crippen LogP contribution >= 0.6 is 7.75 Å². The zero-order valence-corrected chi connectivity index (χ0v) is 14.0. The highest BCUT2D eigenvalue weighted by Gasteiger charge is 2.27. The maximum Gasteiger partial charge on any atom is 0.448 e. The maximum atomic E-state index is 11.1. The van der Waals surface area contributed by atoms with Crippen molar-refractivity contribution in [1.82, 2.24) is 0 Å². The van der Waals surface area contributed by atoms with Crippen LogP contribution < -0.4 is 0 Å². The van der Waals surface area contributed by atoms with Crippen LogP contribution in [0.25, 0.3) is 0 Å². The number of hydrogen-bond donors (Lipinski definition) is 5. The van der Waals surface area contributed by atoms with Crippen LogP contribution in [0.5, 0.6) is 5.75 Å². The van der Waals surface area contributed by atoms with E-state index in [-0.39, 0.29) is 41.6 Å². The van der Waals surface area contributed by atoms with E-state index in [2.05, 4.69) is 4.76 Å². The highest BCUT2D eigenvalue weighted by molar-refractivity contribution is 7.50. The Bertz CT molecular complexity index is 749. The van der Waals surface area contributed by atoms with Crippen molar-refractivity contribution in [2.45, 2.75) is 31.8 Å². The van der Waals surface area contributed by atoms with Crippen molar-refractivity contribution in [3.8, 4) is 5.75 Å². The van der Waals surface area contributed by atoms with Crippen LogP contribution in [0, 0.1) is 0 Å². The van der Waals surface area contributed by atoms with Crippen molar-refractivity contribution >= 4 is 13.5 Å². The molecule has 2 atom stereocenters. The summed E-state index contributed by atoms with van der Waals surface area (Å²) >= 11 is 0. The van der Waals surface area contributed by atoms with E-state index in [1.165, 1.54) is 18.2 Å². The molecule has 0 radical (unpaired) electrons. The van der Waals surface area contributed by atoms with Gasteiger partial charge >= 0.3 is 7.75 Å². The van der Waals surface area contributed by atoms with Gasteiger partial charge in [0.25, 0.3) is 0 Å². The molecule has 24 heavy (non-hydrogen) atoms. The number of allylic oxidation sites excluding steroid dienone is 2. The Hall–Kier alpha value is -1.92. The van der Waals surface area contributed by atoms with Crippen LogP contribution in [-0.4, -0.2) is 36.9 Å². The number of benzene rings is 1. The molecule has 0 saturated carbocycles. The number of rotatable bonds is 5. The number of phenols is 1. The molecule has 8 heteroatoms. The summed E-state index contributed by atoms with van der Waals surface area (Å²) in [6.07, 6.45) is 2.03. The summed E-state index contributed by atoms with van der Waals surface area (Å²) in [5, 5.41) is 30.0. The molecule has 0 bridgehead atoms. The number of aromatic hydroxyl groups is 1. The average molecular weight is 353 g/mol. The van der Waals surface area contributed by atoms with Crippen molar-refractivity contribution in [1.29, 1.82) is 0 Å². The van der Waals surface area contributed by atoms with E-state index in [0.717, 1.165) is 5.56 Å². The minimum atomic E-state index is -4.67. The van der Waals surface area contributed by atoms with E-state index >= 15 is 0 Å². The monoisotopic (exact) mass is 353 g/mol. The number of aliphatic hydroxyl groups is 2. The fourth-order valence-corrected chi connectivity index (χ4v) is 3.17. The lowest BCUT2D eigenvalue weighted by Crippen LogP contribution is -2.23. The molecular weight excluding hydrogens is 333 g/mol. The first-order valence-corrected chi connectivity index (χ1v) is 8.95. The number of aliphatic hydroxyl groups excluding tert-OH is 2. The van der Waals surface area contributed by atoms with E-state index in [4.69, 9.17) is 9.79 Å². The van der Waals surface area contributed by atoms with Gasteiger partial charge in [0.15, 0.2) is 0 Å². The molecule has 0 heterocycles. The van der Waals surface area contributed by atoms with E-state index < -0.39 is 13.9 Å². The van der Waals surface area contributed by atoms with E-state index in [9.17, 15) is 19.9 Å². The topological polar surface area (TPSA) is 131 Å². The van der Waals surface area contributed by atoms with Gasteiger partial charge in [-0.05, 0) is 36.1 Å². The number of nitrogens with zero attached hydrogens (tertiary/aromatic N) is 1. The predicted octanol–water partition coefficient (Wildman–Crippen LogP) is 2.55. The molecule has 0 aliphatic heterocycles. The van der Waals surface area contributed by atoms with Gasteiger partial charge < -0.3 is 25.1 Å². The average Bonchev–Trinajstić information content (AvgIpc) is 2.45. The predicted molar refractivity (Wildman–Crippen MR) is 90.0 cm³/mol. The lowest BCUT2D eigenvalue weighted by atomic mass is 9.88. The summed E-state index contributed by atoms with van der Waals surface area (Å²) in [5.41, 5.74) is 0.792. The summed E-state index contributed by atoms with van der Waals surface area (Å²) in [5.74, 6) is -0.307. The number of hydrogen-bond acceptors (Lipinski definition) is 4. The Balaban J connectivity index is 2.25. The van der Waals surface area contributed by atoms with Gasteiger partial charge in [0, 0.05) is 12.0 Å². The van der Waals surface area contributed by atoms with Crippen molar-refractivity contribution in [2.24, 2.45) is 4.76 Å². The fraction of sp³-hybridized carbons (Fsp3) is 0.312. The van der Waals surface area contributed by atoms with Crippen LogP contribution in [0.15, 0.2) is 52.5 Å². The van der Waals surface area contributed by atoms with Gasteiger partial charge in [0.05, 0.1) is 11.8 Å². The van der Waals surface area contributed by atoms with Crippen molar-refractivity contribution in [3.63, 3.8) is 0 Å². The Morgan fingerprint density at radius 1 is 1.29 bits per heavy atom. The molecule has 2 unspecified atom stereocenters. The lowest BCUT2D eigenvalue weighted by Gasteiger charge is -2.23. The molecule has 1 aliphatic rings. The van der Waals surface area contributed by atoms with Gasteiger partial charge in [-0.25, -0.2) is 4.57 Å². The normalized spacial score (nSPS) is 19.6. The maximum absolute atomic E-state index is 11.1. The van der Waals surface area contributed by atoms with Crippen LogP contribution in [-0.2, 0) is 4.57 Å². The summed E-state index contributed by atoms with van der Waals surface area (Å²) in [7, 11) is -4.67. The zero-order chi connectivity index (χ0) is 17.9. The molecule has 1 aromatic carbocycles. The smallest absolute Gasteiger partial charge is 0.448 e. The summed E-state index contributed by atoms with van der Waals surface area (Å²) < 4.78 is 14.5. The minimum absolute atomic E-state index is 0.0211. The zero-order valence-electron chi connectivity index (χ0n) is 13.1. The van der Waals surface area contributed by atoms with Crippen LogP contribution in [0.4, 0.5) is 0 Å². The van der Waals surface area contributed by atoms with Gasteiger partial charge in [-0.3, -0.25) is 0 Å². The summed E-state index contributed by atoms with van der Waals surface area (Å²) in [4.78, 5) is 18.1. The van der Waals surface area contributed by atoms with Crippen LogP contribution in [0.3, 0.4) is 0 Å². The van der Waals surface area contributed by atoms with E-state index in [0.29, 0.717) is 0 Å². The van der Waals surface area contributed by atoms with Gasteiger partial charge in [-0.1, -0.05) is 25.1 Å². The third-order valence-corrected chi connectivity index (χ3v) is 4.28. The van der Waals surface area contributed by atoms with Crippen LogP contribution in [0.2, 0.25) is 0 Å². The Morgan fingerprint density at radius 2 is 2.00 bits per heavy atom. The molecule has 0 spiro atoms. The second kappa shape index (κ2) is 7.32. The Labute approximate surface area is 139 Å². The third kappa shape index (κ3) is 4.79. The van der Waals surface area contributed by atoms with E-state index in [1.807, 2.05) is 6.92 Å². The molecule has 0 saturated heterocycles. The fourth-order valence-electron chi connectivity index (χ4n) is 2.66. The molecular formula is C16H20NO6P. The minimum Gasteiger partial charge on any atom is -0.508 e. The van der Waals surface area contributed by atoms with E-state index in [1.54, 1.807) is 18.2 Å². The first-order valence-electron chi connectivity index (χ1n) is 7.39. The summed E-state index contributed by atoms with van der Waals surface area (Å²) in [6, 6.07) is 6.61. The lowest BCUT2D eigenvalue weighted by molar-refractivity contribution is 0.192. The highest BCUT2D eigenvalue weighted by Crippen LogP contribution is 2.39. The molecule has 130 valence electrons.